The van der Waals surface area contributed by atoms with Gasteiger partial charge < -0.3 is 25.2 Å². The predicted molar refractivity (Wildman–Crippen MR) is 135 cm³/mol. The van der Waals surface area contributed by atoms with E-state index in [2.05, 4.69) is 53.4 Å². The molecule has 1 aliphatic rings. The number of ether oxygens (including phenoxy) is 1. The summed E-state index contributed by atoms with van der Waals surface area (Å²) in [5, 5.41) is 6.27. The van der Waals surface area contributed by atoms with Gasteiger partial charge in [0.1, 0.15) is 5.56 Å². The number of amides is 1. The molecule has 0 spiro atoms. The highest BCUT2D eigenvalue weighted by molar-refractivity contribution is 9.10. The van der Waals surface area contributed by atoms with Crippen LogP contribution in [0.15, 0.2) is 53.4 Å². The van der Waals surface area contributed by atoms with Crippen molar-refractivity contribution < 1.29 is 9.53 Å². The van der Waals surface area contributed by atoms with Crippen molar-refractivity contribution in [3.05, 3.63) is 64.5 Å². The van der Waals surface area contributed by atoms with Crippen molar-refractivity contribution in [2.45, 2.75) is 6.92 Å². The predicted octanol–water partition coefficient (Wildman–Crippen LogP) is 4.30. The van der Waals surface area contributed by atoms with Crippen molar-refractivity contribution >= 4 is 44.6 Å². The van der Waals surface area contributed by atoms with Crippen LogP contribution in [-0.2, 0) is 0 Å². The molecule has 1 saturated heterocycles. The molecule has 2 aromatic heterocycles. The maximum atomic E-state index is 13.3. The average Bonchev–Trinajstić information content (AvgIpc) is 2.83. The van der Waals surface area contributed by atoms with Gasteiger partial charge in [-0.05, 0) is 65.8 Å². The van der Waals surface area contributed by atoms with Crippen LogP contribution in [0.5, 0.6) is 5.88 Å². The molecule has 0 saturated carbocycles. The van der Waals surface area contributed by atoms with Gasteiger partial charge in [-0.1, -0.05) is 0 Å². The van der Waals surface area contributed by atoms with Gasteiger partial charge in [0.2, 0.25) is 5.88 Å². The van der Waals surface area contributed by atoms with E-state index in [1.54, 1.807) is 24.7 Å². The second kappa shape index (κ2) is 10.2. The van der Waals surface area contributed by atoms with Crippen molar-refractivity contribution in [1.29, 1.82) is 0 Å². The van der Waals surface area contributed by atoms with Gasteiger partial charge in [0.15, 0.2) is 0 Å². The molecular weight excluding hydrogens is 484 g/mol. The van der Waals surface area contributed by atoms with E-state index < -0.39 is 0 Å². The number of hydrogen-bond donors (Lipinski definition) is 2. The van der Waals surface area contributed by atoms with E-state index in [4.69, 9.17) is 4.74 Å². The van der Waals surface area contributed by atoms with E-state index in [1.807, 2.05) is 31.2 Å². The fourth-order valence-corrected chi connectivity index (χ4v) is 4.04. The van der Waals surface area contributed by atoms with Crippen LogP contribution in [0.25, 0.3) is 0 Å². The summed E-state index contributed by atoms with van der Waals surface area (Å²) in [6.07, 6.45) is 5.04. The highest BCUT2D eigenvalue weighted by Crippen LogP contribution is 2.31. The van der Waals surface area contributed by atoms with Crippen LogP contribution in [0.2, 0.25) is 0 Å². The molecule has 3 aromatic rings. The van der Waals surface area contributed by atoms with Crippen molar-refractivity contribution in [2.75, 3.05) is 55.9 Å². The van der Waals surface area contributed by atoms with Crippen LogP contribution in [0.4, 0.5) is 22.7 Å². The van der Waals surface area contributed by atoms with Gasteiger partial charge in [-0.3, -0.25) is 9.78 Å². The minimum Gasteiger partial charge on any atom is -0.480 e. The monoisotopic (exact) mass is 510 g/mol. The number of nitrogens with one attached hydrogen (secondary N) is 2. The van der Waals surface area contributed by atoms with Crippen molar-refractivity contribution in [3.63, 3.8) is 0 Å². The SMILES string of the molecule is COc1nccc(Nc2cncc(Br)c2C)c1C(=O)Nc1ccc(N2CCN(C)CC2)cc1. The van der Waals surface area contributed by atoms with Crippen LogP contribution in [0, 0.1) is 6.92 Å². The summed E-state index contributed by atoms with van der Waals surface area (Å²) in [6.45, 7) is 6.04. The highest BCUT2D eigenvalue weighted by atomic mass is 79.9. The largest absolute Gasteiger partial charge is 0.480 e. The molecule has 0 bridgehead atoms. The fraction of sp³-hybridized carbons (Fsp3) is 0.292. The smallest absolute Gasteiger partial charge is 0.263 e. The molecule has 1 aliphatic heterocycles. The first kappa shape index (κ1) is 23.0. The van der Waals surface area contributed by atoms with Crippen LogP contribution in [0.3, 0.4) is 0 Å². The van der Waals surface area contributed by atoms with E-state index in [9.17, 15) is 4.79 Å². The van der Waals surface area contributed by atoms with E-state index in [-0.39, 0.29) is 11.8 Å². The Morgan fingerprint density at radius 2 is 1.79 bits per heavy atom. The summed E-state index contributed by atoms with van der Waals surface area (Å²) in [5.41, 5.74) is 4.52. The van der Waals surface area contributed by atoms with Crippen LogP contribution < -0.4 is 20.3 Å². The first-order chi connectivity index (χ1) is 16.0. The molecule has 2 N–H and O–H groups in total. The fourth-order valence-electron chi connectivity index (χ4n) is 3.71. The Labute approximate surface area is 202 Å². The second-order valence-corrected chi connectivity index (χ2v) is 8.81. The molecule has 0 atom stereocenters. The lowest BCUT2D eigenvalue weighted by Crippen LogP contribution is -2.44. The van der Waals surface area contributed by atoms with Gasteiger partial charge >= 0.3 is 0 Å². The lowest BCUT2D eigenvalue weighted by Gasteiger charge is -2.34. The molecule has 8 nitrogen and oxygen atoms in total. The Balaban J connectivity index is 1.54. The van der Waals surface area contributed by atoms with Gasteiger partial charge in [-0.15, -0.1) is 0 Å². The molecule has 172 valence electrons. The Morgan fingerprint density at radius 3 is 2.48 bits per heavy atom. The summed E-state index contributed by atoms with van der Waals surface area (Å²) in [4.78, 5) is 26.4. The number of anilines is 4. The molecule has 3 heterocycles. The Hall–Kier alpha value is -3.17. The number of carbonyl (C=O) groups excluding carboxylic acids is 1. The van der Waals surface area contributed by atoms with Gasteiger partial charge in [0.25, 0.3) is 5.91 Å². The summed E-state index contributed by atoms with van der Waals surface area (Å²) >= 11 is 3.49. The molecule has 1 aromatic carbocycles. The van der Waals surface area contributed by atoms with Crippen molar-refractivity contribution in [3.8, 4) is 5.88 Å². The minimum atomic E-state index is -0.310. The number of rotatable bonds is 6. The van der Waals surface area contributed by atoms with Crippen molar-refractivity contribution in [1.82, 2.24) is 14.9 Å². The molecule has 0 unspecified atom stereocenters. The average molecular weight is 511 g/mol. The van der Waals surface area contributed by atoms with Crippen LogP contribution in [0.1, 0.15) is 15.9 Å². The molecule has 4 rings (SSSR count). The van der Waals surface area contributed by atoms with Gasteiger partial charge in [0.05, 0.1) is 24.7 Å². The number of likely N-dealkylation sites (N-methyl/N-ethyl adjacent to an activating group) is 1. The van der Waals surface area contributed by atoms with E-state index >= 15 is 0 Å². The summed E-state index contributed by atoms with van der Waals surface area (Å²) < 4.78 is 6.27. The number of halogens is 1. The molecule has 0 aliphatic carbocycles. The standard InChI is InChI=1S/C24H27BrN6O2/c1-16-19(25)14-26-15-21(16)29-20-8-9-27-24(33-3)22(20)23(32)28-17-4-6-18(7-5-17)31-12-10-30(2)11-13-31/h4-9,14-15H,10-13H2,1-3H3,(H,27,29)(H,28,32). The minimum absolute atomic E-state index is 0.243. The van der Waals surface area contributed by atoms with Crippen LogP contribution in [-0.4, -0.2) is 61.1 Å². The number of aromatic nitrogens is 2. The van der Waals surface area contributed by atoms with E-state index in [0.717, 1.165) is 47.6 Å². The van der Waals surface area contributed by atoms with Crippen molar-refractivity contribution in [2.24, 2.45) is 0 Å². The van der Waals surface area contributed by atoms with Gasteiger partial charge in [-0.2, -0.15) is 0 Å². The first-order valence-electron chi connectivity index (χ1n) is 10.7. The number of nitrogens with zero attached hydrogens (tertiary/aromatic N) is 4. The third kappa shape index (κ3) is 5.26. The lowest BCUT2D eigenvalue weighted by molar-refractivity contribution is 0.102. The molecule has 33 heavy (non-hydrogen) atoms. The summed E-state index contributed by atoms with van der Waals surface area (Å²) in [5.74, 6) is -0.0671. The van der Waals surface area contributed by atoms with Gasteiger partial charge in [0, 0.05) is 54.4 Å². The molecule has 0 radical (unpaired) electrons. The second-order valence-electron chi connectivity index (χ2n) is 7.95. The van der Waals surface area contributed by atoms with E-state index in [0.29, 0.717) is 16.9 Å². The number of piperazine rings is 1. The Morgan fingerprint density at radius 1 is 1.06 bits per heavy atom. The normalized spacial score (nSPS) is 14.1. The summed E-state index contributed by atoms with van der Waals surface area (Å²) in [7, 11) is 3.64. The molecule has 1 amide bonds. The maximum absolute atomic E-state index is 13.3. The lowest BCUT2D eigenvalue weighted by atomic mass is 10.1. The number of carbonyl (C=O) groups is 1. The third-order valence-electron chi connectivity index (χ3n) is 5.75. The number of benzene rings is 1. The zero-order valence-electron chi connectivity index (χ0n) is 18.9. The first-order valence-corrected chi connectivity index (χ1v) is 11.5. The highest BCUT2D eigenvalue weighted by Gasteiger charge is 2.20. The number of pyridine rings is 2. The molecular formula is C24H27BrN6O2. The maximum Gasteiger partial charge on any atom is 0.263 e. The zero-order valence-corrected chi connectivity index (χ0v) is 20.5. The van der Waals surface area contributed by atoms with Gasteiger partial charge in [-0.25, -0.2) is 4.98 Å². The number of hydrogen-bond acceptors (Lipinski definition) is 7. The summed E-state index contributed by atoms with van der Waals surface area (Å²) in [6, 6.07) is 9.66. The van der Waals surface area contributed by atoms with Crippen LogP contribution >= 0.6 is 15.9 Å². The zero-order chi connectivity index (χ0) is 23.4. The Bertz CT molecular complexity index is 1130. The van der Waals surface area contributed by atoms with E-state index in [1.165, 1.54) is 7.11 Å². The third-order valence-corrected chi connectivity index (χ3v) is 6.55. The quantitative estimate of drug-likeness (QED) is 0.511. The topological polar surface area (TPSA) is 82.6 Å². The molecule has 1 fully saturated rings. The number of methoxy groups -OCH3 is 1. The Kier molecular flexibility index (Phi) is 7.10. The molecule has 9 heteroatoms.